The fourth-order valence-electron chi connectivity index (χ4n) is 1.67. The van der Waals surface area contributed by atoms with E-state index in [4.69, 9.17) is 4.42 Å². The van der Waals surface area contributed by atoms with E-state index in [0.29, 0.717) is 18.1 Å². The van der Waals surface area contributed by atoms with Crippen molar-refractivity contribution in [2.75, 3.05) is 17.7 Å². The Balaban J connectivity index is 1.92. The molecule has 0 fully saturated rings. The average Bonchev–Trinajstić information content (AvgIpc) is 3.06. The summed E-state index contributed by atoms with van der Waals surface area (Å²) in [6, 6.07) is 3.75. The van der Waals surface area contributed by atoms with Crippen LogP contribution < -0.4 is 10.6 Å². The number of nitrogens with zero attached hydrogens (tertiary/aromatic N) is 3. The maximum absolute atomic E-state index is 5.26. The van der Waals surface area contributed by atoms with E-state index in [-0.39, 0.29) is 0 Å². The second-order valence-corrected chi connectivity index (χ2v) is 3.71. The Morgan fingerprint density at radius 3 is 3.11 bits per heavy atom. The minimum atomic E-state index is 0.536. The molecule has 7 nitrogen and oxygen atoms in total. The number of rotatable bonds is 4. The Hall–Kier alpha value is -2.57. The number of fused-ring (bicyclic) bond motifs is 1. The first kappa shape index (κ1) is 10.6. The number of nitrogens with one attached hydrogen (secondary N) is 3. The number of aromatic amines is 1. The molecule has 0 unspecified atom stereocenters. The zero-order valence-corrected chi connectivity index (χ0v) is 9.77. The lowest BCUT2D eigenvalue weighted by molar-refractivity contribution is 0.518. The normalized spacial score (nSPS) is 10.7. The minimum absolute atomic E-state index is 0.536. The van der Waals surface area contributed by atoms with Crippen LogP contribution in [0.15, 0.2) is 29.0 Å². The fourth-order valence-corrected chi connectivity index (χ4v) is 1.67. The molecule has 0 bridgehead atoms. The highest BCUT2D eigenvalue weighted by atomic mass is 16.3. The third kappa shape index (κ3) is 1.86. The van der Waals surface area contributed by atoms with Gasteiger partial charge in [0.1, 0.15) is 11.6 Å². The predicted molar refractivity (Wildman–Crippen MR) is 67.3 cm³/mol. The van der Waals surface area contributed by atoms with Crippen molar-refractivity contribution in [1.82, 2.24) is 20.2 Å². The summed E-state index contributed by atoms with van der Waals surface area (Å²) < 4.78 is 5.26. The molecular formula is C11H12N6O. The lowest BCUT2D eigenvalue weighted by Gasteiger charge is -2.06. The van der Waals surface area contributed by atoms with Gasteiger partial charge in [0, 0.05) is 7.05 Å². The molecule has 0 radical (unpaired) electrons. The summed E-state index contributed by atoms with van der Waals surface area (Å²) in [6.45, 7) is 0.563. The Morgan fingerprint density at radius 1 is 1.39 bits per heavy atom. The van der Waals surface area contributed by atoms with Gasteiger partial charge in [0.25, 0.3) is 0 Å². The van der Waals surface area contributed by atoms with E-state index in [1.54, 1.807) is 19.5 Å². The van der Waals surface area contributed by atoms with Crippen molar-refractivity contribution in [2.45, 2.75) is 6.54 Å². The van der Waals surface area contributed by atoms with Crippen LogP contribution in [-0.2, 0) is 6.54 Å². The highest BCUT2D eigenvalue weighted by molar-refractivity contribution is 5.86. The van der Waals surface area contributed by atoms with E-state index >= 15 is 0 Å². The Kier molecular flexibility index (Phi) is 2.56. The van der Waals surface area contributed by atoms with Crippen molar-refractivity contribution >= 4 is 22.8 Å². The van der Waals surface area contributed by atoms with Gasteiger partial charge in [-0.1, -0.05) is 0 Å². The van der Waals surface area contributed by atoms with Gasteiger partial charge in [0.05, 0.1) is 24.4 Å². The van der Waals surface area contributed by atoms with Crippen LogP contribution >= 0.6 is 0 Å². The summed E-state index contributed by atoms with van der Waals surface area (Å²) in [5.41, 5.74) is 0.691. The van der Waals surface area contributed by atoms with Crippen molar-refractivity contribution in [3.8, 4) is 0 Å². The third-order valence-electron chi connectivity index (χ3n) is 2.54. The Bertz CT molecular complexity index is 645. The summed E-state index contributed by atoms with van der Waals surface area (Å²) in [6.07, 6.45) is 3.34. The Morgan fingerprint density at radius 2 is 2.33 bits per heavy atom. The average molecular weight is 244 g/mol. The van der Waals surface area contributed by atoms with Crippen LogP contribution in [0.3, 0.4) is 0 Å². The molecular weight excluding hydrogens is 232 g/mol. The van der Waals surface area contributed by atoms with Crippen LogP contribution in [0.2, 0.25) is 0 Å². The molecule has 7 heteroatoms. The SMILES string of the molecule is CNc1nc(NCc2ccco2)c2cn[nH]c2n1. The molecule has 3 rings (SSSR count). The number of hydrogen-bond donors (Lipinski definition) is 3. The molecule has 3 aromatic heterocycles. The number of anilines is 2. The van der Waals surface area contributed by atoms with Crippen LogP contribution in [0.5, 0.6) is 0 Å². The second-order valence-electron chi connectivity index (χ2n) is 3.71. The molecule has 3 aromatic rings. The van der Waals surface area contributed by atoms with E-state index in [0.717, 1.165) is 17.0 Å². The summed E-state index contributed by atoms with van der Waals surface area (Å²) >= 11 is 0. The molecule has 3 heterocycles. The molecule has 0 amide bonds. The van der Waals surface area contributed by atoms with Crippen molar-refractivity contribution in [3.63, 3.8) is 0 Å². The van der Waals surface area contributed by atoms with Crippen molar-refractivity contribution in [3.05, 3.63) is 30.4 Å². The third-order valence-corrected chi connectivity index (χ3v) is 2.54. The summed E-state index contributed by atoms with van der Waals surface area (Å²) in [4.78, 5) is 8.61. The van der Waals surface area contributed by atoms with Crippen molar-refractivity contribution in [1.29, 1.82) is 0 Å². The van der Waals surface area contributed by atoms with Crippen molar-refractivity contribution < 1.29 is 4.42 Å². The highest BCUT2D eigenvalue weighted by Crippen LogP contribution is 2.20. The van der Waals surface area contributed by atoms with Gasteiger partial charge in [-0.15, -0.1) is 0 Å². The second kappa shape index (κ2) is 4.36. The maximum Gasteiger partial charge on any atom is 0.226 e. The first-order valence-electron chi connectivity index (χ1n) is 5.52. The van der Waals surface area contributed by atoms with E-state index in [2.05, 4.69) is 30.8 Å². The standard InChI is InChI=1S/C11H12N6O/c1-12-11-15-9(8-6-14-17-10(8)16-11)13-5-7-3-2-4-18-7/h2-4,6H,5H2,1H3,(H3,12,13,14,15,16,17). The molecule has 0 saturated heterocycles. The predicted octanol–water partition coefficient (Wildman–Crippen LogP) is 1.60. The van der Waals surface area contributed by atoms with Crippen LogP contribution in [0, 0.1) is 0 Å². The van der Waals surface area contributed by atoms with Gasteiger partial charge in [0.15, 0.2) is 5.65 Å². The molecule has 0 aliphatic heterocycles. The van der Waals surface area contributed by atoms with Crippen LogP contribution in [-0.4, -0.2) is 27.2 Å². The van der Waals surface area contributed by atoms with E-state index in [1.165, 1.54) is 0 Å². The summed E-state index contributed by atoms with van der Waals surface area (Å²) in [5, 5.41) is 13.7. The molecule has 3 N–H and O–H groups in total. The zero-order chi connectivity index (χ0) is 12.4. The molecule has 0 saturated carbocycles. The van der Waals surface area contributed by atoms with Crippen LogP contribution in [0.1, 0.15) is 5.76 Å². The maximum atomic E-state index is 5.26. The molecule has 0 aromatic carbocycles. The van der Waals surface area contributed by atoms with Gasteiger partial charge in [-0.3, -0.25) is 5.10 Å². The zero-order valence-electron chi connectivity index (χ0n) is 9.77. The van der Waals surface area contributed by atoms with Crippen LogP contribution in [0.25, 0.3) is 11.0 Å². The number of H-pyrrole nitrogens is 1. The minimum Gasteiger partial charge on any atom is -0.467 e. The molecule has 0 aliphatic rings. The fraction of sp³-hybridized carbons (Fsp3) is 0.182. The molecule has 18 heavy (non-hydrogen) atoms. The lowest BCUT2D eigenvalue weighted by atomic mass is 10.3. The highest BCUT2D eigenvalue weighted by Gasteiger charge is 2.08. The molecule has 0 atom stereocenters. The first-order chi connectivity index (χ1) is 8.86. The van der Waals surface area contributed by atoms with E-state index < -0.39 is 0 Å². The van der Waals surface area contributed by atoms with Crippen LogP contribution in [0.4, 0.5) is 11.8 Å². The van der Waals surface area contributed by atoms with Gasteiger partial charge >= 0.3 is 0 Å². The molecule has 0 spiro atoms. The molecule has 92 valence electrons. The van der Waals surface area contributed by atoms with Gasteiger partial charge in [-0.05, 0) is 12.1 Å². The van der Waals surface area contributed by atoms with Gasteiger partial charge < -0.3 is 15.1 Å². The number of aromatic nitrogens is 4. The van der Waals surface area contributed by atoms with E-state index in [1.807, 2.05) is 12.1 Å². The van der Waals surface area contributed by atoms with Gasteiger partial charge in [-0.2, -0.15) is 15.1 Å². The summed E-state index contributed by atoms with van der Waals surface area (Å²) in [7, 11) is 1.77. The first-order valence-corrected chi connectivity index (χ1v) is 5.52. The van der Waals surface area contributed by atoms with Crippen molar-refractivity contribution in [2.24, 2.45) is 0 Å². The Labute approximate surface area is 103 Å². The molecule has 0 aliphatic carbocycles. The number of furan rings is 1. The van der Waals surface area contributed by atoms with Gasteiger partial charge in [0.2, 0.25) is 5.95 Å². The monoisotopic (exact) mass is 244 g/mol. The smallest absolute Gasteiger partial charge is 0.226 e. The summed E-state index contributed by atoms with van der Waals surface area (Å²) in [5.74, 6) is 2.10. The number of hydrogen-bond acceptors (Lipinski definition) is 6. The largest absolute Gasteiger partial charge is 0.467 e. The lowest BCUT2D eigenvalue weighted by Crippen LogP contribution is -2.04. The van der Waals surface area contributed by atoms with Gasteiger partial charge in [-0.25, -0.2) is 0 Å². The quantitative estimate of drug-likeness (QED) is 0.645. The van der Waals surface area contributed by atoms with E-state index in [9.17, 15) is 0 Å². The topological polar surface area (TPSA) is 91.7 Å².